The Morgan fingerprint density at radius 3 is 2.75 bits per heavy atom. The normalized spacial score (nSPS) is 22.2. The molecule has 0 aliphatic carbocycles. The molecule has 1 aromatic carbocycles. The van der Waals surface area contributed by atoms with Crippen molar-refractivity contribution in [1.29, 1.82) is 0 Å². The van der Waals surface area contributed by atoms with Crippen LogP contribution in [0, 0.1) is 0 Å². The van der Waals surface area contributed by atoms with Crippen molar-refractivity contribution >= 4 is 12.1 Å². The summed E-state index contributed by atoms with van der Waals surface area (Å²) in [4.78, 5) is 22.9. The molecule has 0 aromatic heterocycles. The van der Waals surface area contributed by atoms with Gasteiger partial charge in [0.05, 0.1) is 12.2 Å². The van der Waals surface area contributed by atoms with Crippen LogP contribution in [-0.4, -0.2) is 36.9 Å². The average molecular weight is 333 g/mol. The first-order chi connectivity index (χ1) is 11.5. The summed E-state index contributed by atoms with van der Waals surface area (Å²) in [6.07, 6.45) is 3.10. The molecule has 0 saturated carbocycles. The predicted molar refractivity (Wildman–Crippen MR) is 88.3 cm³/mol. The van der Waals surface area contributed by atoms with Crippen molar-refractivity contribution < 1.29 is 23.8 Å². The Hall–Kier alpha value is -2.34. The number of benzene rings is 1. The van der Waals surface area contributed by atoms with Gasteiger partial charge in [-0.2, -0.15) is 0 Å². The van der Waals surface area contributed by atoms with Crippen LogP contribution in [-0.2, 0) is 25.6 Å². The summed E-state index contributed by atoms with van der Waals surface area (Å²) < 4.78 is 15.5. The van der Waals surface area contributed by atoms with E-state index in [1.807, 2.05) is 37.3 Å². The maximum Gasteiger partial charge on any atom is 0.407 e. The summed E-state index contributed by atoms with van der Waals surface area (Å²) in [7, 11) is 0. The van der Waals surface area contributed by atoms with Gasteiger partial charge in [-0.1, -0.05) is 30.3 Å². The quantitative estimate of drug-likeness (QED) is 0.449. The van der Waals surface area contributed by atoms with Gasteiger partial charge in [-0.15, -0.1) is 0 Å². The third-order valence-corrected chi connectivity index (χ3v) is 3.74. The zero-order valence-electron chi connectivity index (χ0n) is 14.0. The molecule has 2 rings (SSSR count). The lowest BCUT2D eigenvalue weighted by atomic mass is 10.0. The summed E-state index contributed by atoms with van der Waals surface area (Å²) in [6.45, 7) is 4.72. The highest BCUT2D eigenvalue weighted by atomic mass is 16.6. The molecular formula is C18H23NO5. The Balaban J connectivity index is 1.62. The SMILES string of the molecule is CCOC(=O)/C=C/[C@H]1O[C@]1(C)CCNC(=O)OCc1ccccc1. The molecule has 0 radical (unpaired) electrons. The van der Waals surface area contributed by atoms with Gasteiger partial charge in [0.1, 0.15) is 12.7 Å². The van der Waals surface area contributed by atoms with Crippen LogP contribution in [0.4, 0.5) is 4.79 Å². The highest BCUT2D eigenvalue weighted by Crippen LogP contribution is 2.39. The van der Waals surface area contributed by atoms with Crippen molar-refractivity contribution in [3.8, 4) is 0 Å². The summed E-state index contributed by atoms with van der Waals surface area (Å²) in [5, 5.41) is 2.70. The number of carbonyl (C=O) groups is 2. The highest BCUT2D eigenvalue weighted by molar-refractivity contribution is 5.82. The fraction of sp³-hybridized carbons (Fsp3) is 0.444. The topological polar surface area (TPSA) is 77.2 Å². The lowest BCUT2D eigenvalue weighted by Gasteiger charge is -2.09. The molecule has 1 fully saturated rings. The molecule has 1 saturated heterocycles. The van der Waals surface area contributed by atoms with E-state index in [2.05, 4.69) is 5.32 Å². The molecule has 6 nitrogen and oxygen atoms in total. The Kier molecular flexibility index (Phi) is 6.37. The van der Waals surface area contributed by atoms with Crippen molar-refractivity contribution in [2.24, 2.45) is 0 Å². The van der Waals surface area contributed by atoms with Crippen LogP contribution >= 0.6 is 0 Å². The van der Waals surface area contributed by atoms with Gasteiger partial charge >= 0.3 is 12.1 Å². The number of nitrogens with one attached hydrogen (secondary N) is 1. The third kappa shape index (κ3) is 5.70. The number of ether oxygens (including phenoxy) is 3. The molecule has 6 heteroatoms. The van der Waals surface area contributed by atoms with Gasteiger partial charge in [-0.05, 0) is 31.9 Å². The van der Waals surface area contributed by atoms with E-state index < -0.39 is 6.09 Å². The number of rotatable bonds is 8. The van der Waals surface area contributed by atoms with E-state index in [1.54, 1.807) is 13.0 Å². The Labute approximate surface area is 141 Å². The molecule has 2 atom stereocenters. The first kappa shape index (κ1) is 18.0. The summed E-state index contributed by atoms with van der Waals surface area (Å²) in [5.41, 5.74) is 0.574. The van der Waals surface area contributed by atoms with Gasteiger partial charge in [0.25, 0.3) is 0 Å². The van der Waals surface area contributed by atoms with E-state index in [9.17, 15) is 9.59 Å². The average Bonchev–Trinajstić information content (AvgIpc) is 3.22. The zero-order valence-corrected chi connectivity index (χ0v) is 14.0. The van der Waals surface area contributed by atoms with Crippen molar-refractivity contribution in [2.45, 2.75) is 38.6 Å². The summed E-state index contributed by atoms with van der Waals surface area (Å²) in [6, 6.07) is 9.49. The minimum atomic E-state index is -0.457. The lowest BCUT2D eigenvalue weighted by Crippen LogP contribution is -2.28. The van der Waals surface area contributed by atoms with Gasteiger partial charge in [0.15, 0.2) is 0 Å². The van der Waals surface area contributed by atoms with Crippen molar-refractivity contribution in [2.75, 3.05) is 13.2 Å². The van der Waals surface area contributed by atoms with Crippen molar-refractivity contribution in [3.63, 3.8) is 0 Å². The number of epoxide rings is 1. The maximum atomic E-state index is 11.6. The van der Waals surface area contributed by atoms with Crippen LogP contribution in [0.3, 0.4) is 0 Å². The van der Waals surface area contributed by atoms with E-state index in [1.165, 1.54) is 6.08 Å². The highest BCUT2D eigenvalue weighted by Gasteiger charge is 2.50. The molecule has 130 valence electrons. The molecule has 1 aliphatic heterocycles. The lowest BCUT2D eigenvalue weighted by molar-refractivity contribution is -0.137. The number of hydrogen-bond donors (Lipinski definition) is 1. The third-order valence-electron chi connectivity index (χ3n) is 3.74. The summed E-state index contributed by atoms with van der Waals surface area (Å²) >= 11 is 0. The number of carbonyl (C=O) groups excluding carboxylic acids is 2. The number of esters is 1. The molecule has 1 N–H and O–H groups in total. The van der Waals surface area contributed by atoms with E-state index >= 15 is 0 Å². The van der Waals surface area contributed by atoms with Crippen LogP contribution < -0.4 is 5.32 Å². The first-order valence-corrected chi connectivity index (χ1v) is 8.01. The molecule has 0 spiro atoms. The van der Waals surface area contributed by atoms with Crippen LogP contribution in [0.25, 0.3) is 0 Å². The van der Waals surface area contributed by atoms with Gasteiger partial charge in [0.2, 0.25) is 0 Å². The van der Waals surface area contributed by atoms with E-state index in [0.29, 0.717) is 19.6 Å². The van der Waals surface area contributed by atoms with Crippen LogP contribution in [0.2, 0.25) is 0 Å². The molecule has 24 heavy (non-hydrogen) atoms. The second kappa shape index (κ2) is 8.49. The fourth-order valence-electron chi connectivity index (χ4n) is 2.24. The van der Waals surface area contributed by atoms with E-state index in [4.69, 9.17) is 14.2 Å². The standard InChI is InChI=1S/C18H23NO5/c1-3-22-16(20)10-9-15-18(2,24-15)11-12-19-17(21)23-13-14-7-5-4-6-8-14/h4-10,15H,3,11-13H2,1-2H3,(H,19,21)/b10-9+/t15-,18-/m1/s1. The maximum absolute atomic E-state index is 11.6. The smallest absolute Gasteiger partial charge is 0.407 e. The molecular weight excluding hydrogens is 310 g/mol. The molecule has 0 unspecified atom stereocenters. The summed E-state index contributed by atoms with van der Waals surface area (Å²) in [5.74, 6) is -0.377. The Morgan fingerprint density at radius 2 is 2.04 bits per heavy atom. The minimum Gasteiger partial charge on any atom is -0.463 e. The molecule has 1 aliphatic rings. The van der Waals surface area contributed by atoms with Gasteiger partial charge in [-0.25, -0.2) is 9.59 Å². The second-order valence-corrected chi connectivity index (χ2v) is 5.70. The molecule has 1 amide bonds. The Bertz CT molecular complexity index is 586. The predicted octanol–water partition coefficient (Wildman–Crippen LogP) is 2.58. The zero-order chi connectivity index (χ0) is 17.4. The van der Waals surface area contributed by atoms with Crippen LogP contribution in [0.5, 0.6) is 0 Å². The van der Waals surface area contributed by atoms with Crippen LogP contribution in [0.15, 0.2) is 42.5 Å². The van der Waals surface area contributed by atoms with Crippen molar-refractivity contribution in [3.05, 3.63) is 48.0 Å². The van der Waals surface area contributed by atoms with Crippen LogP contribution in [0.1, 0.15) is 25.8 Å². The largest absolute Gasteiger partial charge is 0.463 e. The van der Waals surface area contributed by atoms with E-state index in [-0.39, 0.29) is 24.3 Å². The van der Waals surface area contributed by atoms with E-state index in [0.717, 1.165) is 5.56 Å². The van der Waals surface area contributed by atoms with Gasteiger partial charge in [-0.3, -0.25) is 0 Å². The van der Waals surface area contributed by atoms with Gasteiger partial charge in [0, 0.05) is 12.6 Å². The monoisotopic (exact) mass is 333 g/mol. The molecule has 0 bridgehead atoms. The van der Waals surface area contributed by atoms with Crippen molar-refractivity contribution in [1.82, 2.24) is 5.32 Å². The molecule has 1 heterocycles. The number of hydrogen-bond acceptors (Lipinski definition) is 5. The number of alkyl carbamates (subject to hydrolysis) is 1. The Morgan fingerprint density at radius 1 is 1.29 bits per heavy atom. The minimum absolute atomic E-state index is 0.135. The fourth-order valence-corrected chi connectivity index (χ4v) is 2.24. The second-order valence-electron chi connectivity index (χ2n) is 5.70. The molecule has 1 aromatic rings. The first-order valence-electron chi connectivity index (χ1n) is 8.01. The van der Waals surface area contributed by atoms with Gasteiger partial charge < -0.3 is 19.5 Å². The number of amides is 1.